The Kier molecular flexibility index (Phi) is 9.56. The highest BCUT2D eigenvalue weighted by Crippen LogP contribution is 2.25. The number of hydrogen-bond acceptors (Lipinski definition) is 6. The summed E-state index contributed by atoms with van der Waals surface area (Å²) in [7, 11) is 1.65. The third kappa shape index (κ3) is 6.86. The molecule has 7 nitrogen and oxygen atoms in total. The summed E-state index contributed by atoms with van der Waals surface area (Å²) >= 11 is 2.17. The molecule has 0 aliphatic carbocycles. The van der Waals surface area contributed by atoms with Gasteiger partial charge in [0.05, 0.1) is 16.2 Å². The molecule has 0 saturated heterocycles. The summed E-state index contributed by atoms with van der Waals surface area (Å²) in [5.41, 5.74) is 0.783. The van der Waals surface area contributed by atoms with Crippen molar-refractivity contribution < 1.29 is 14.3 Å². The van der Waals surface area contributed by atoms with E-state index in [9.17, 15) is 4.79 Å². The van der Waals surface area contributed by atoms with Gasteiger partial charge in [0.1, 0.15) is 23.8 Å². The van der Waals surface area contributed by atoms with Crippen LogP contribution in [0.4, 0.5) is 5.82 Å². The summed E-state index contributed by atoms with van der Waals surface area (Å²) in [4.78, 5) is 21.4. The average Bonchev–Trinajstić information content (AvgIpc) is 2.54. The van der Waals surface area contributed by atoms with Crippen LogP contribution >= 0.6 is 22.6 Å². The minimum absolute atomic E-state index is 0.0501. The van der Waals surface area contributed by atoms with E-state index < -0.39 is 6.04 Å². The second-order valence-electron chi connectivity index (χ2n) is 6.64. The Balaban J connectivity index is 3.09. The second kappa shape index (κ2) is 10.9. The van der Waals surface area contributed by atoms with Gasteiger partial charge in [-0.05, 0) is 33.1 Å². The van der Waals surface area contributed by atoms with Crippen LogP contribution in [0.3, 0.4) is 0 Å². The molecule has 26 heavy (non-hydrogen) atoms. The summed E-state index contributed by atoms with van der Waals surface area (Å²) in [6.07, 6.45) is 0.730. The molecule has 3 atom stereocenters. The molecule has 1 heterocycles. The van der Waals surface area contributed by atoms with Gasteiger partial charge >= 0.3 is 0 Å². The average molecular weight is 478 g/mol. The van der Waals surface area contributed by atoms with Gasteiger partial charge in [-0.15, -0.1) is 0 Å². The van der Waals surface area contributed by atoms with E-state index in [0.29, 0.717) is 24.1 Å². The van der Waals surface area contributed by atoms with Crippen LogP contribution < -0.4 is 15.4 Å². The number of nitrogens with zero attached hydrogens (tertiary/aromatic N) is 2. The lowest BCUT2D eigenvalue weighted by Gasteiger charge is -2.25. The predicted molar refractivity (Wildman–Crippen MR) is 112 cm³/mol. The minimum Gasteiger partial charge on any atom is -0.472 e. The van der Waals surface area contributed by atoms with E-state index in [1.807, 2.05) is 41.5 Å². The Morgan fingerprint density at radius 3 is 2.38 bits per heavy atom. The topological polar surface area (TPSA) is 85.4 Å². The fourth-order valence-corrected chi connectivity index (χ4v) is 2.71. The zero-order chi connectivity index (χ0) is 19.9. The van der Waals surface area contributed by atoms with E-state index in [2.05, 4.69) is 43.2 Å². The van der Waals surface area contributed by atoms with Crippen LogP contribution in [-0.4, -0.2) is 45.8 Å². The number of nitrogens with one attached hydrogen (secondary N) is 2. The first-order valence-corrected chi connectivity index (χ1v) is 10.2. The molecule has 0 spiro atoms. The first kappa shape index (κ1) is 22.9. The largest absolute Gasteiger partial charge is 0.472 e. The molecule has 0 radical (unpaired) electrons. The van der Waals surface area contributed by atoms with Crippen molar-refractivity contribution in [2.75, 3.05) is 19.0 Å². The lowest BCUT2D eigenvalue weighted by Crippen LogP contribution is -2.45. The number of hydrogen-bond donors (Lipinski definition) is 2. The molecule has 0 aliphatic heterocycles. The molecular weight excluding hydrogens is 447 g/mol. The van der Waals surface area contributed by atoms with Gasteiger partial charge in [0.2, 0.25) is 11.8 Å². The number of carbonyl (C=O) groups is 1. The maximum atomic E-state index is 12.5. The lowest BCUT2D eigenvalue weighted by atomic mass is 10.0. The van der Waals surface area contributed by atoms with Gasteiger partial charge in [0, 0.05) is 7.11 Å². The molecule has 1 rings (SSSR count). The molecule has 3 unspecified atom stereocenters. The van der Waals surface area contributed by atoms with Crippen molar-refractivity contribution in [3.63, 3.8) is 0 Å². The zero-order valence-electron chi connectivity index (χ0n) is 16.7. The predicted octanol–water partition coefficient (Wildman–Crippen LogP) is 3.23. The Labute approximate surface area is 170 Å². The fourth-order valence-electron chi connectivity index (χ4n) is 2.41. The van der Waals surface area contributed by atoms with E-state index in [4.69, 9.17) is 9.47 Å². The Morgan fingerprint density at radius 1 is 1.23 bits per heavy atom. The maximum Gasteiger partial charge on any atom is 0.243 e. The number of ether oxygens (including phenoxy) is 2. The van der Waals surface area contributed by atoms with Gasteiger partial charge in [-0.3, -0.25) is 4.79 Å². The molecule has 1 amide bonds. The first-order chi connectivity index (χ1) is 12.2. The summed E-state index contributed by atoms with van der Waals surface area (Å²) in [5, 5.41) is 6.22. The highest BCUT2D eigenvalue weighted by molar-refractivity contribution is 14.1. The molecule has 0 aliphatic rings. The van der Waals surface area contributed by atoms with Crippen LogP contribution in [-0.2, 0) is 9.53 Å². The molecule has 0 fully saturated rings. The van der Waals surface area contributed by atoms with Crippen LogP contribution in [0, 0.1) is 19.8 Å². The zero-order valence-corrected chi connectivity index (χ0v) is 18.9. The molecule has 1 aromatic rings. The van der Waals surface area contributed by atoms with Gasteiger partial charge in [-0.2, -0.15) is 4.98 Å². The monoisotopic (exact) mass is 478 g/mol. The first-order valence-electron chi connectivity index (χ1n) is 8.91. The van der Waals surface area contributed by atoms with Crippen molar-refractivity contribution in [3.05, 3.63) is 11.4 Å². The van der Waals surface area contributed by atoms with Crippen LogP contribution in [0.5, 0.6) is 5.88 Å². The van der Waals surface area contributed by atoms with Crippen LogP contribution in [0.1, 0.15) is 45.5 Å². The summed E-state index contributed by atoms with van der Waals surface area (Å²) < 4.78 is 11.3. The van der Waals surface area contributed by atoms with E-state index in [1.165, 1.54) is 0 Å². The number of alkyl halides is 1. The molecule has 1 aromatic heterocycles. The van der Waals surface area contributed by atoms with Crippen molar-refractivity contribution in [3.8, 4) is 5.88 Å². The van der Waals surface area contributed by atoms with Gasteiger partial charge in [-0.1, -0.05) is 43.4 Å². The molecule has 148 valence electrons. The quantitative estimate of drug-likeness (QED) is 0.305. The third-order valence-corrected chi connectivity index (χ3v) is 4.19. The van der Waals surface area contributed by atoms with E-state index in [1.54, 1.807) is 7.11 Å². The minimum atomic E-state index is -0.394. The Hall–Kier alpha value is -1.16. The number of halogens is 1. The van der Waals surface area contributed by atoms with E-state index in [-0.39, 0.29) is 22.0 Å². The number of aromatic nitrogens is 2. The molecule has 0 aromatic carbocycles. The van der Waals surface area contributed by atoms with Gasteiger partial charge < -0.3 is 20.1 Å². The smallest absolute Gasteiger partial charge is 0.243 e. The van der Waals surface area contributed by atoms with E-state index >= 15 is 0 Å². The van der Waals surface area contributed by atoms with Gasteiger partial charge in [0.15, 0.2) is 0 Å². The number of rotatable bonds is 10. The second-order valence-corrected chi connectivity index (χ2v) is 8.51. The standard InChI is InChI=1S/C18H31IN4O3/c1-8-14(9-25-7)26-18-11(4)16(21-13(6)22-18)23-15(10(2)3)17(24)20-12(5)19/h10,12,14-15H,8-9H2,1-7H3,(H,20,24)(H,21,22,23). The fraction of sp³-hybridized carbons (Fsp3) is 0.722. The molecule has 2 N–H and O–H groups in total. The van der Waals surface area contributed by atoms with Gasteiger partial charge in [-0.25, -0.2) is 4.98 Å². The lowest BCUT2D eigenvalue weighted by molar-refractivity contribution is -0.122. The number of anilines is 1. The van der Waals surface area contributed by atoms with Crippen molar-refractivity contribution in [2.24, 2.45) is 5.92 Å². The van der Waals surface area contributed by atoms with Crippen LogP contribution in [0.15, 0.2) is 0 Å². The molecular formula is C18H31IN4O3. The summed E-state index contributed by atoms with van der Waals surface area (Å²) in [5.74, 6) is 1.78. The Bertz CT molecular complexity index is 596. The number of aryl methyl sites for hydroxylation is 1. The molecule has 8 heteroatoms. The Morgan fingerprint density at radius 2 is 1.88 bits per heavy atom. The maximum absolute atomic E-state index is 12.5. The van der Waals surface area contributed by atoms with Crippen molar-refractivity contribution in [2.45, 2.75) is 64.2 Å². The van der Waals surface area contributed by atoms with E-state index in [0.717, 1.165) is 12.0 Å². The normalized spacial score (nSPS) is 14.7. The summed E-state index contributed by atoms with van der Waals surface area (Å²) in [6.45, 7) is 12.2. The van der Waals surface area contributed by atoms with Crippen molar-refractivity contribution >= 4 is 34.3 Å². The van der Waals surface area contributed by atoms with Crippen molar-refractivity contribution in [1.29, 1.82) is 0 Å². The molecule has 0 saturated carbocycles. The number of carbonyl (C=O) groups excluding carboxylic acids is 1. The molecule has 0 bridgehead atoms. The van der Waals surface area contributed by atoms with Crippen LogP contribution in [0.25, 0.3) is 0 Å². The highest BCUT2D eigenvalue weighted by Gasteiger charge is 2.25. The SMILES string of the molecule is CCC(COC)Oc1nc(C)nc(NC(C(=O)NC(C)I)C(C)C)c1C. The van der Waals surface area contributed by atoms with Gasteiger partial charge in [0.25, 0.3) is 0 Å². The third-order valence-electron chi connectivity index (χ3n) is 3.88. The number of methoxy groups -OCH3 is 1. The number of amides is 1. The van der Waals surface area contributed by atoms with Crippen molar-refractivity contribution in [1.82, 2.24) is 15.3 Å². The van der Waals surface area contributed by atoms with Crippen LogP contribution in [0.2, 0.25) is 0 Å². The highest BCUT2D eigenvalue weighted by atomic mass is 127. The summed E-state index contributed by atoms with van der Waals surface area (Å²) in [6, 6.07) is -0.394.